The average Bonchev–Trinajstić information content (AvgIpc) is 3.08. The van der Waals surface area contributed by atoms with Gasteiger partial charge in [0.1, 0.15) is 16.4 Å². The third-order valence-corrected chi connectivity index (χ3v) is 6.91. The van der Waals surface area contributed by atoms with Gasteiger partial charge in [-0.2, -0.15) is 0 Å². The number of aliphatic hydroxyl groups is 1. The minimum absolute atomic E-state index is 0.0478. The summed E-state index contributed by atoms with van der Waals surface area (Å²) < 4.78 is 12.6. The number of ether oxygens (including phenoxy) is 2. The van der Waals surface area contributed by atoms with E-state index >= 15 is 0 Å². The van der Waals surface area contributed by atoms with Crippen LogP contribution in [-0.4, -0.2) is 34.5 Å². The van der Waals surface area contributed by atoms with E-state index in [0.29, 0.717) is 18.3 Å². The molecule has 2 aromatic heterocycles. The van der Waals surface area contributed by atoms with E-state index in [1.807, 2.05) is 31.2 Å². The van der Waals surface area contributed by atoms with Gasteiger partial charge in [0.15, 0.2) is 0 Å². The second-order valence-electron chi connectivity index (χ2n) is 8.09. The summed E-state index contributed by atoms with van der Waals surface area (Å²) >= 11 is 1.65. The number of fused-ring (bicyclic) bond motifs is 3. The van der Waals surface area contributed by atoms with Crippen LogP contribution in [0.15, 0.2) is 29.1 Å². The number of nitrogens with zero attached hydrogens (tertiary/aromatic N) is 2. The fourth-order valence-electron chi connectivity index (χ4n) is 4.13. The summed E-state index contributed by atoms with van der Waals surface area (Å²) in [4.78, 5) is 20.0. The molecular formula is C23H28N2O4S. The van der Waals surface area contributed by atoms with Gasteiger partial charge in [-0.05, 0) is 43.7 Å². The molecule has 0 spiro atoms. The van der Waals surface area contributed by atoms with E-state index < -0.39 is 6.10 Å². The van der Waals surface area contributed by atoms with Crippen molar-refractivity contribution < 1.29 is 14.6 Å². The number of aryl methyl sites for hydroxylation is 2. The molecule has 4 rings (SSSR count). The van der Waals surface area contributed by atoms with Crippen LogP contribution in [0.4, 0.5) is 0 Å². The lowest BCUT2D eigenvalue weighted by Gasteiger charge is -2.18. The number of para-hydroxylation sites is 1. The Hall–Kier alpha value is -2.22. The second-order valence-corrected chi connectivity index (χ2v) is 9.17. The van der Waals surface area contributed by atoms with E-state index in [2.05, 4.69) is 11.9 Å². The highest BCUT2D eigenvalue weighted by atomic mass is 32.1. The maximum absolute atomic E-state index is 13.2. The Morgan fingerprint density at radius 1 is 1.37 bits per heavy atom. The lowest BCUT2D eigenvalue weighted by atomic mass is 9.89. The zero-order valence-corrected chi connectivity index (χ0v) is 18.5. The molecule has 0 bridgehead atoms. The highest BCUT2D eigenvalue weighted by Crippen LogP contribution is 2.35. The quantitative estimate of drug-likeness (QED) is 0.624. The van der Waals surface area contributed by atoms with Gasteiger partial charge in [-0.1, -0.05) is 25.1 Å². The summed E-state index contributed by atoms with van der Waals surface area (Å²) in [5.74, 6) is 2.03. The van der Waals surface area contributed by atoms with Crippen molar-refractivity contribution >= 4 is 21.6 Å². The first kappa shape index (κ1) is 21.0. The zero-order chi connectivity index (χ0) is 21.3. The summed E-state index contributed by atoms with van der Waals surface area (Å²) in [6.45, 7) is 4.71. The molecule has 7 heteroatoms. The van der Waals surface area contributed by atoms with Crippen LogP contribution in [0.5, 0.6) is 5.75 Å². The molecule has 0 saturated carbocycles. The standard InChI is InChI=1S/C23H28N2O4S/c1-14-8-9-18-20(10-14)30-22-21(18)23(27)25(15(2)24-22)11-17(26)13-29-12-16-6-4-5-7-19(16)28-3/h4-7,14,17,26H,8-13H2,1-3H3. The van der Waals surface area contributed by atoms with E-state index in [0.717, 1.165) is 40.8 Å². The molecule has 30 heavy (non-hydrogen) atoms. The molecule has 1 N–H and O–H groups in total. The Kier molecular flexibility index (Phi) is 6.22. The minimum atomic E-state index is -0.801. The van der Waals surface area contributed by atoms with E-state index in [1.165, 1.54) is 10.4 Å². The molecule has 2 unspecified atom stereocenters. The Labute approximate surface area is 180 Å². The summed E-state index contributed by atoms with van der Waals surface area (Å²) in [5, 5.41) is 11.3. The van der Waals surface area contributed by atoms with Gasteiger partial charge in [0, 0.05) is 10.4 Å². The topological polar surface area (TPSA) is 73.6 Å². The first-order valence-corrected chi connectivity index (χ1v) is 11.2. The van der Waals surface area contributed by atoms with Crippen molar-refractivity contribution in [2.24, 2.45) is 5.92 Å². The molecule has 2 atom stereocenters. The van der Waals surface area contributed by atoms with Crippen molar-refractivity contribution in [2.75, 3.05) is 13.7 Å². The van der Waals surface area contributed by atoms with Gasteiger partial charge in [0.2, 0.25) is 0 Å². The number of benzene rings is 1. The van der Waals surface area contributed by atoms with Crippen molar-refractivity contribution in [1.29, 1.82) is 0 Å². The van der Waals surface area contributed by atoms with Crippen LogP contribution in [0.25, 0.3) is 10.2 Å². The van der Waals surface area contributed by atoms with Crippen molar-refractivity contribution in [3.8, 4) is 5.75 Å². The number of methoxy groups -OCH3 is 1. The molecule has 0 fully saturated rings. The number of hydrogen-bond acceptors (Lipinski definition) is 6. The van der Waals surface area contributed by atoms with Gasteiger partial charge in [0.05, 0.1) is 38.4 Å². The highest BCUT2D eigenvalue weighted by Gasteiger charge is 2.24. The van der Waals surface area contributed by atoms with Crippen LogP contribution in [0.1, 0.15) is 35.2 Å². The predicted molar refractivity (Wildman–Crippen MR) is 118 cm³/mol. The average molecular weight is 429 g/mol. The predicted octanol–water partition coefficient (Wildman–Crippen LogP) is 3.48. The van der Waals surface area contributed by atoms with Crippen molar-refractivity contribution in [3.05, 3.63) is 56.4 Å². The Morgan fingerprint density at radius 3 is 2.97 bits per heavy atom. The number of thiophene rings is 1. The van der Waals surface area contributed by atoms with Gasteiger partial charge in [-0.15, -0.1) is 11.3 Å². The normalized spacial score (nSPS) is 17.1. The van der Waals surface area contributed by atoms with Crippen molar-refractivity contribution in [3.63, 3.8) is 0 Å². The van der Waals surface area contributed by atoms with Gasteiger partial charge in [-0.25, -0.2) is 4.98 Å². The SMILES string of the molecule is COc1ccccc1COCC(O)Cn1c(C)nc2sc3c(c2c1=O)CCC(C)C3. The molecular weight excluding hydrogens is 400 g/mol. The molecule has 0 aliphatic heterocycles. The van der Waals surface area contributed by atoms with Gasteiger partial charge in [0.25, 0.3) is 5.56 Å². The summed E-state index contributed by atoms with van der Waals surface area (Å²) in [5.41, 5.74) is 2.04. The Balaban J connectivity index is 1.48. The lowest BCUT2D eigenvalue weighted by Crippen LogP contribution is -2.31. The molecule has 0 saturated heterocycles. The maximum atomic E-state index is 13.2. The fourth-order valence-corrected chi connectivity index (χ4v) is 5.55. The van der Waals surface area contributed by atoms with Crippen LogP contribution in [0.3, 0.4) is 0 Å². The van der Waals surface area contributed by atoms with Gasteiger partial charge >= 0.3 is 0 Å². The van der Waals surface area contributed by atoms with Crippen molar-refractivity contribution in [2.45, 2.75) is 52.4 Å². The monoisotopic (exact) mass is 428 g/mol. The van der Waals surface area contributed by atoms with Crippen molar-refractivity contribution in [1.82, 2.24) is 9.55 Å². The summed E-state index contributed by atoms with van der Waals surface area (Å²) in [6, 6.07) is 7.63. The number of hydrogen-bond donors (Lipinski definition) is 1. The Morgan fingerprint density at radius 2 is 2.17 bits per heavy atom. The first-order chi connectivity index (χ1) is 14.5. The van der Waals surface area contributed by atoms with E-state index in [9.17, 15) is 9.90 Å². The van der Waals surface area contributed by atoms with E-state index in [4.69, 9.17) is 9.47 Å². The molecule has 1 aliphatic carbocycles. The molecule has 2 heterocycles. The third kappa shape index (κ3) is 4.15. The molecule has 1 aliphatic rings. The van der Waals surface area contributed by atoms with Crippen LogP contribution in [0, 0.1) is 12.8 Å². The van der Waals surface area contributed by atoms with E-state index in [1.54, 1.807) is 23.0 Å². The zero-order valence-electron chi connectivity index (χ0n) is 17.7. The second kappa shape index (κ2) is 8.88. The largest absolute Gasteiger partial charge is 0.496 e. The van der Waals surface area contributed by atoms with Crippen LogP contribution >= 0.6 is 11.3 Å². The Bertz CT molecular complexity index is 1100. The molecule has 0 radical (unpaired) electrons. The molecule has 160 valence electrons. The number of aromatic nitrogens is 2. The van der Waals surface area contributed by atoms with Crippen LogP contribution in [-0.2, 0) is 30.7 Å². The minimum Gasteiger partial charge on any atom is -0.496 e. The lowest BCUT2D eigenvalue weighted by molar-refractivity contribution is 0.0190. The van der Waals surface area contributed by atoms with E-state index in [-0.39, 0.29) is 18.7 Å². The molecule has 6 nitrogen and oxygen atoms in total. The van der Waals surface area contributed by atoms with Crippen LogP contribution < -0.4 is 10.3 Å². The smallest absolute Gasteiger partial charge is 0.262 e. The molecule has 3 aromatic rings. The third-order valence-electron chi connectivity index (χ3n) is 5.76. The fraction of sp³-hybridized carbons (Fsp3) is 0.478. The molecule has 1 aromatic carbocycles. The first-order valence-electron chi connectivity index (χ1n) is 10.4. The maximum Gasteiger partial charge on any atom is 0.262 e. The van der Waals surface area contributed by atoms with Crippen LogP contribution in [0.2, 0.25) is 0 Å². The highest BCUT2D eigenvalue weighted by molar-refractivity contribution is 7.18. The summed E-state index contributed by atoms with van der Waals surface area (Å²) in [6.07, 6.45) is 2.26. The summed E-state index contributed by atoms with van der Waals surface area (Å²) in [7, 11) is 1.62. The van der Waals surface area contributed by atoms with Gasteiger partial charge < -0.3 is 14.6 Å². The van der Waals surface area contributed by atoms with Gasteiger partial charge in [-0.3, -0.25) is 9.36 Å². The number of rotatable bonds is 7. The molecule has 0 amide bonds. The number of aliphatic hydroxyl groups excluding tert-OH is 1.